The smallest absolute Gasteiger partial charge is 0.339 e. The van der Waals surface area contributed by atoms with Crippen LogP contribution in [-0.2, 0) is 11.2 Å². The average Bonchev–Trinajstić information content (AvgIpc) is 2.71. The van der Waals surface area contributed by atoms with E-state index in [-0.39, 0.29) is 17.9 Å². The second-order valence-electron chi connectivity index (χ2n) is 4.22. The van der Waals surface area contributed by atoms with Crippen molar-refractivity contribution in [3.8, 4) is 0 Å². The summed E-state index contributed by atoms with van der Waals surface area (Å²) in [6.07, 6.45) is 1.70. The monoisotopic (exact) mass is 258 g/mol. The Morgan fingerprint density at radius 1 is 1.26 bits per heavy atom. The Bertz CT molecular complexity index is 602. The van der Waals surface area contributed by atoms with Crippen LogP contribution in [-0.4, -0.2) is 22.0 Å². The highest BCUT2D eigenvalue weighted by molar-refractivity contribution is 6.01. The van der Waals surface area contributed by atoms with Gasteiger partial charge in [-0.1, -0.05) is 30.3 Å². The molecule has 1 aromatic carbocycles. The molecule has 1 amide bonds. The maximum atomic E-state index is 11.8. The van der Waals surface area contributed by atoms with Crippen molar-refractivity contribution < 1.29 is 14.7 Å². The van der Waals surface area contributed by atoms with Crippen LogP contribution in [0.5, 0.6) is 0 Å². The van der Waals surface area contributed by atoms with Gasteiger partial charge in [-0.05, 0) is 12.5 Å². The lowest BCUT2D eigenvalue weighted by Gasteiger charge is -2.05. The number of carboxylic acids is 1. The third kappa shape index (κ3) is 3.01. The van der Waals surface area contributed by atoms with Gasteiger partial charge < -0.3 is 15.4 Å². The molecular formula is C14H14N2O3. The van der Waals surface area contributed by atoms with Crippen molar-refractivity contribution in [2.45, 2.75) is 13.3 Å². The third-order valence-corrected chi connectivity index (χ3v) is 2.77. The Hall–Kier alpha value is -2.56. The van der Waals surface area contributed by atoms with Crippen molar-refractivity contribution in [2.75, 3.05) is 5.32 Å². The number of carbonyl (C=O) groups excluding carboxylic acids is 1. The molecule has 0 radical (unpaired) electrons. The standard InChI is InChI=1S/C14H14N2O3/c1-9-13(14(18)19)11(8-15-9)16-12(17)7-10-5-3-2-4-6-10/h2-6,8,15H,7H2,1H3,(H,16,17)(H,18,19). The molecular weight excluding hydrogens is 244 g/mol. The molecule has 5 heteroatoms. The minimum absolute atomic E-state index is 0.0985. The quantitative estimate of drug-likeness (QED) is 0.786. The van der Waals surface area contributed by atoms with Crippen LogP contribution in [0.15, 0.2) is 36.5 Å². The number of aromatic amines is 1. The number of carboxylic acid groups (broad SMARTS) is 1. The van der Waals surface area contributed by atoms with E-state index in [1.165, 1.54) is 6.20 Å². The van der Waals surface area contributed by atoms with E-state index in [9.17, 15) is 9.59 Å². The number of hydrogen-bond donors (Lipinski definition) is 3. The lowest BCUT2D eigenvalue weighted by Crippen LogP contribution is -2.16. The fourth-order valence-electron chi connectivity index (χ4n) is 1.88. The van der Waals surface area contributed by atoms with E-state index < -0.39 is 5.97 Å². The first kappa shape index (κ1) is 12.9. The first-order chi connectivity index (χ1) is 9.08. The number of H-pyrrole nitrogens is 1. The van der Waals surface area contributed by atoms with Gasteiger partial charge in [-0.15, -0.1) is 0 Å². The molecule has 0 aliphatic carbocycles. The maximum Gasteiger partial charge on any atom is 0.339 e. The van der Waals surface area contributed by atoms with Crippen LogP contribution in [0.2, 0.25) is 0 Å². The molecule has 0 unspecified atom stereocenters. The van der Waals surface area contributed by atoms with Crippen molar-refractivity contribution in [3.63, 3.8) is 0 Å². The second kappa shape index (κ2) is 5.39. The Balaban J connectivity index is 2.10. The summed E-state index contributed by atoms with van der Waals surface area (Å²) in [4.78, 5) is 25.7. The SMILES string of the molecule is Cc1[nH]cc(NC(=O)Cc2ccccc2)c1C(=O)O. The van der Waals surface area contributed by atoms with Gasteiger partial charge >= 0.3 is 5.97 Å². The van der Waals surface area contributed by atoms with Gasteiger partial charge in [0.1, 0.15) is 5.56 Å². The van der Waals surface area contributed by atoms with Crippen LogP contribution in [0.1, 0.15) is 21.6 Å². The zero-order chi connectivity index (χ0) is 13.8. The number of carbonyl (C=O) groups is 2. The Morgan fingerprint density at radius 3 is 2.58 bits per heavy atom. The number of nitrogens with one attached hydrogen (secondary N) is 2. The Labute approximate surface area is 110 Å². The summed E-state index contributed by atoms with van der Waals surface area (Å²) < 4.78 is 0. The summed E-state index contributed by atoms with van der Waals surface area (Å²) >= 11 is 0. The molecule has 0 fully saturated rings. The fraction of sp³-hybridized carbons (Fsp3) is 0.143. The highest BCUT2D eigenvalue weighted by Gasteiger charge is 2.16. The van der Waals surface area contributed by atoms with Crippen molar-refractivity contribution in [1.82, 2.24) is 4.98 Å². The molecule has 0 saturated carbocycles. The van der Waals surface area contributed by atoms with Crippen molar-refractivity contribution in [3.05, 3.63) is 53.3 Å². The summed E-state index contributed by atoms with van der Waals surface area (Å²) in [5.74, 6) is -1.30. The molecule has 0 bridgehead atoms. The molecule has 1 aromatic heterocycles. The molecule has 98 valence electrons. The van der Waals surface area contributed by atoms with Crippen LogP contribution in [0.3, 0.4) is 0 Å². The van der Waals surface area contributed by atoms with E-state index in [4.69, 9.17) is 5.11 Å². The molecule has 0 spiro atoms. The van der Waals surface area contributed by atoms with E-state index in [0.29, 0.717) is 11.4 Å². The highest BCUT2D eigenvalue weighted by atomic mass is 16.4. The van der Waals surface area contributed by atoms with E-state index >= 15 is 0 Å². The molecule has 0 saturated heterocycles. The molecule has 1 heterocycles. The zero-order valence-electron chi connectivity index (χ0n) is 10.4. The zero-order valence-corrected chi connectivity index (χ0v) is 10.4. The summed E-state index contributed by atoms with van der Waals surface area (Å²) in [6, 6.07) is 9.27. The van der Waals surface area contributed by atoms with E-state index in [0.717, 1.165) is 5.56 Å². The number of aryl methyl sites for hydroxylation is 1. The van der Waals surface area contributed by atoms with Gasteiger partial charge in [0, 0.05) is 11.9 Å². The van der Waals surface area contributed by atoms with Crippen molar-refractivity contribution in [2.24, 2.45) is 0 Å². The number of benzene rings is 1. The van der Waals surface area contributed by atoms with Gasteiger partial charge in [0.15, 0.2) is 0 Å². The predicted octanol–water partition coefficient (Wildman–Crippen LogP) is 2.20. The molecule has 0 atom stereocenters. The Morgan fingerprint density at radius 2 is 1.95 bits per heavy atom. The Kier molecular flexibility index (Phi) is 3.66. The number of rotatable bonds is 4. The third-order valence-electron chi connectivity index (χ3n) is 2.77. The summed E-state index contributed by atoms with van der Waals surface area (Å²) in [6.45, 7) is 1.65. The number of amides is 1. The van der Waals surface area contributed by atoms with Crippen LogP contribution >= 0.6 is 0 Å². The number of aromatic carboxylic acids is 1. The number of anilines is 1. The van der Waals surface area contributed by atoms with Gasteiger partial charge in [0.05, 0.1) is 12.1 Å². The number of aromatic nitrogens is 1. The molecule has 3 N–H and O–H groups in total. The highest BCUT2D eigenvalue weighted by Crippen LogP contribution is 2.19. The molecule has 2 aromatic rings. The minimum atomic E-state index is -1.06. The number of hydrogen-bond acceptors (Lipinski definition) is 2. The average molecular weight is 258 g/mol. The van der Waals surface area contributed by atoms with Gasteiger partial charge in [0.2, 0.25) is 5.91 Å². The van der Waals surface area contributed by atoms with Crippen LogP contribution in [0.4, 0.5) is 5.69 Å². The lowest BCUT2D eigenvalue weighted by molar-refractivity contribution is -0.115. The fourth-order valence-corrected chi connectivity index (χ4v) is 1.88. The molecule has 19 heavy (non-hydrogen) atoms. The van der Waals surface area contributed by atoms with Gasteiger partial charge in [0.25, 0.3) is 0 Å². The van der Waals surface area contributed by atoms with E-state index in [1.54, 1.807) is 6.92 Å². The largest absolute Gasteiger partial charge is 0.478 e. The van der Waals surface area contributed by atoms with Gasteiger partial charge in [-0.25, -0.2) is 4.79 Å². The molecule has 0 aliphatic rings. The normalized spacial score (nSPS) is 10.2. The molecule has 5 nitrogen and oxygen atoms in total. The summed E-state index contributed by atoms with van der Waals surface area (Å²) in [7, 11) is 0. The van der Waals surface area contributed by atoms with Crippen LogP contribution < -0.4 is 5.32 Å². The predicted molar refractivity (Wildman–Crippen MR) is 71.3 cm³/mol. The van der Waals surface area contributed by atoms with E-state index in [2.05, 4.69) is 10.3 Å². The summed E-state index contributed by atoms with van der Waals surface area (Å²) in [5.41, 5.74) is 1.79. The van der Waals surface area contributed by atoms with Crippen LogP contribution in [0.25, 0.3) is 0 Å². The van der Waals surface area contributed by atoms with Gasteiger partial charge in [-0.3, -0.25) is 4.79 Å². The lowest BCUT2D eigenvalue weighted by atomic mass is 10.1. The minimum Gasteiger partial charge on any atom is -0.478 e. The van der Waals surface area contributed by atoms with Crippen molar-refractivity contribution >= 4 is 17.6 Å². The van der Waals surface area contributed by atoms with Gasteiger partial charge in [-0.2, -0.15) is 0 Å². The molecule has 2 rings (SSSR count). The first-order valence-corrected chi connectivity index (χ1v) is 5.83. The van der Waals surface area contributed by atoms with Crippen LogP contribution in [0, 0.1) is 6.92 Å². The topological polar surface area (TPSA) is 82.2 Å². The summed E-state index contributed by atoms with van der Waals surface area (Å²) in [5, 5.41) is 11.7. The second-order valence-corrected chi connectivity index (χ2v) is 4.22. The molecule has 0 aliphatic heterocycles. The van der Waals surface area contributed by atoms with E-state index in [1.807, 2.05) is 30.3 Å². The first-order valence-electron chi connectivity index (χ1n) is 5.83. The maximum absolute atomic E-state index is 11.8. The van der Waals surface area contributed by atoms with Crippen molar-refractivity contribution in [1.29, 1.82) is 0 Å².